The van der Waals surface area contributed by atoms with Gasteiger partial charge in [-0.15, -0.1) is 0 Å². The highest BCUT2D eigenvalue weighted by atomic mass is 32.2. The fourth-order valence-electron chi connectivity index (χ4n) is 2.26. The van der Waals surface area contributed by atoms with Crippen LogP contribution >= 0.6 is 0 Å². The van der Waals surface area contributed by atoms with E-state index >= 15 is 0 Å². The first-order valence-corrected chi connectivity index (χ1v) is 10.4. The number of carbonyl (C=O) groups is 1. The van der Waals surface area contributed by atoms with E-state index in [1.54, 1.807) is 6.92 Å². The van der Waals surface area contributed by atoms with Crippen molar-refractivity contribution >= 4 is 31.5 Å². The van der Waals surface area contributed by atoms with E-state index in [9.17, 15) is 30.4 Å². The van der Waals surface area contributed by atoms with Crippen LogP contribution in [0.1, 0.15) is 21.5 Å². The number of anilines is 1. The molecule has 2 N–H and O–H groups in total. The first kappa shape index (κ1) is 20.8. The summed E-state index contributed by atoms with van der Waals surface area (Å²) in [6.45, 7) is 3.07. The van der Waals surface area contributed by atoms with Gasteiger partial charge in [0, 0.05) is 5.69 Å². The quantitative estimate of drug-likeness (QED) is 0.743. The average molecular weight is 419 g/mol. The number of hydrogen-bond acceptors (Lipinski definition) is 5. The SMILES string of the molecule is Cc1cc(C(=O)O)cc(S(=O)(=O)Nc2ccc(S(=O)(=O)C(F)F)cc2)c1C. The van der Waals surface area contributed by atoms with Crippen LogP contribution in [0.25, 0.3) is 0 Å². The predicted octanol–water partition coefficient (Wildman–Crippen LogP) is 2.80. The summed E-state index contributed by atoms with van der Waals surface area (Å²) < 4.78 is 75.2. The maximum Gasteiger partial charge on any atom is 0.341 e. The molecule has 11 heteroatoms. The van der Waals surface area contributed by atoms with Crippen LogP contribution in [0.4, 0.5) is 14.5 Å². The molecular weight excluding hydrogens is 404 g/mol. The number of hydrogen-bond donors (Lipinski definition) is 2. The van der Waals surface area contributed by atoms with Crippen molar-refractivity contribution in [1.82, 2.24) is 0 Å². The summed E-state index contributed by atoms with van der Waals surface area (Å²) in [6.07, 6.45) is 0. The Bertz CT molecular complexity index is 1090. The minimum Gasteiger partial charge on any atom is -0.478 e. The lowest BCUT2D eigenvalue weighted by molar-refractivity contribution is 0.0696. The molecule has 27 heavy (non-hydrogen) atoms. The van der Waals surface area contributed by atoms with E-state index in [4.69, 9.17) is 5.11 Å². The van der Waals surface area contributed by atoms with Crippen molar-refractivity contribution < 1.29 is 35.5 Å². The molecule has 2 rings (SSSR count). The average Bonchev–Trinajstić information content (AvgIpc) is 2.56. The summed E-state index contributed by atoms with van der Waals surface area (Å²) in [5.74, 6) is -4.89. The molecule has 0 aliphatic heterocycles. The van der Waals surface area contributed by atoms with Crippen LogP contribution in [0.5, 0.6) is 0 Å². The maximum absolute atomic E-state index is 12.6. The highest BCUT2D eigenvalue weighted by molar-refractivity contribution is 7.92. The zero-order chi connectivity index (χ0) is 20.6. The van der Waals surface area contributed by atoms with Gasteiger partial charge in [-0.2, -0.15) is 8.78 Å². The minimum absolute atomic E-state index is 0.0685. The molecule has 2 aromatic rings. The number of sulfone groups is 1. The molecule has 0 fully saturated rings. The normalized spacial score (nSPS) is 12.2. The van der Waals surface area contributed by atoms with E-state index in [0.717, 1.165) is 30.3 Å². The summed E-state index contributed by atoms with van der Waals surface area (Å²) in [6, 6.07) is 6.09. The fourth-order valence-corrected chi connectivity index (χ4v) is 4.38. The Balaban J connectivity index is 2.42. The van der Waals surface area contributed by atoms with Gasteiger partial charge >= 0.3 is 11.7 Å². The summed E-state index contributed by atoms with van der Waals surface area (Å²) in [4.78, 5) is 10.2. The number of aryl methyl sites for hydroxylation is 1. The molecule has 0 saturated carbocycles. The molecular formula is C16H15F2NO6S2. The Morgan fingerprint density at radius 2 is 1.59 bits per heavy atom. The second-order valence-corrected chi connectivity index (χ2v) is 9.23. The van der Waals surface area contributed by atoms with Gasteiger partial charge in [-0.05, 0) is 61.4 Å². The van der Waals surface area contributed by atoms with E-state index in [1.165, 1.54) is 13.0 Å². The Morgan fingerprint density at radius 3 is 2.07 bits per heavy atom. The second kappa shape index (κ2) is 7.24. The number of sulfonamides is 1. The lowest BCUT2D eigenvalue weighted by atomic mass is 10.1. The molecule has 146 valence electrons. The summed E-state index contributed by atoms with van der Waals surface area (Å²) in [5.41, 5.74) is 0.510. The number of carboxylic acid groups (broad SMARTS) is 1. The minimum atomic E-state index is -4.79. The third kappa shape index (κ3) is 4.25. The van der Waals surface area contributed by atoms with Crippen molar-refractivity contribution in [2.75, 3.05) is 4.72 Å². The number of halogens is 2. The summed E-state index contributed by atoms with van der Waals surface area (Å²) in [7, 11) is -8.99. The van der Waals surface area contributed by atoms with Crippen molar-refractivity contribution in [2.45, 2.75) is 29.4 Å². The zero-order valence-electron chi connectivity index (χ0n) is 14.1. The van der Waals surface area contributed by atoms with E-state index in [-0.39, 0.29) is 16.1 Å². The summed E-state index contributed by atoms with van der Waals surface area (Å²) >= 11 is 0. The highest BCUT2D eigenvalue weighted by Gasteiger charge is 2.27. The van der Waals surface area contributed by atoms with Crippen LogP contribution in [0.15, 0.2) is 46.2 Å². The van der Waals surface area contributed by atoms with Crippen LogP contribution in [0.2, 0.25) is 0 Å². The van der Waals surface area contributed by atoms with Crippen LogP contribution in [-0.2, 0) is 19.9 Å². The molecule has 2 aromatic carbocycles. The zero-order valence-corrected chi connectivity index (χ0v) is 15.7. The molecule has 0 atom stereocenters. The Kier molecular flexibility index (Phi) is 5.57. The van der Waals surface area contributed by atoms with Gasteiger partial charge < -0.3 is 5.11 Å². The molecule has 0 aliphatic rings. The molecule has 0 unspecified atom stereocenters. The highest BCUT2D eigenvalue weighted by Crippen LogP contribution is 2.25. The maximum atomic E-state index is 12.6. The van der Waals surface area contributed by atoms with Gasteiger partial charge in [0.1, 0.15) is 0 Å². The van der Waals surface area contributed by atoms with Crippen LogP contribution < -0.4 is 4.72 Å². The van der Waals surface area contributed by atoms with Gasteiger partial charge in [0.2, 0.25) is 9.84 Å². The standard InChI is InChI=1S/C16H15F2NO6S2/c1-9-7-11(15(20)21)8-14(10(9)2)27(24,25)19-12-3-5-13(6-4-12)26(22,23)16(17)18/h3-8,16,19H,1-2H3,(H,20,21). The van der Waals surface area contributed by atoms with Gasteiger partial charge in [0.25, 0.3) is 10.0 Å². The molecule has 0 radical (unpaired) electrons. The van der Waals surface area contributed by atoms with Crippen molar-refractivity contribution in [2.24, 2.45) is 0 Å². The fraction of sp³-hybridized carbons (Fsp3) is 0.188. The van der Waals surface area contributed by atoms with Gasteiger partial charge in [0.15, 0.2) is 0 Å². The molecule has 0 spiro atoms. The first-order valence-electron chi connectivity index (χ1n) is 7.35. The number of alkyl halides is 2. The van der Waals surface area contributed by atoms with E-state index in [0.29, 0.717) is 11.1 Å². The van der Waals surface area contributed by atoms with Crippen LogP contribution in [0, 0.1) is 13.8 Å². The molecule has 0 heterocycles. The van der Waals surface area contributed by atoms with Crippen molar-refractivity contribution in [3.8, 4) is 0 Å². The lowest BCUT2D eigenvalue weighted by Gasteiger charge is -2.13. The number of benzene rings is 2. The van der Waals surface area contributed by atoms with E-state index in [2.05, 4.69) is 4.72 Å². The molecule has 0 aromatic heterocycles. The molecule has 0 saturated heterocycles. The largest absolute Gasteiger partial charge is 0.478 e. The third-order valence-electron chi connectivity index (χ3n) is 3.83. The molecule has 7 nitrogen and oxygen atoms in total. The number of carboxylic acids is 1. The van der Waals surface area contributed by atoms with Gasteiger partial charge in [-0.1, -0.05) is 0 Å². The summed E-state index contributed by atoms with van der Waals surface area (Å²) in [5, 5.41) is 9.10. The predicted molar refractivity (Wildman–Crippen MR) is 93.3 cm³/mol. The van der Waals surface area contributed by atoms with Crippen molar-refractivity contribution in [3.05, 3.63) is 53.1 Å². The van der Waals surface area contributed by atoms with Gasteiger partial charge in [0.05, 0.1) is 15.4 Å². The Morgan fingerprint density at radius 1 is 1.04 bits per heavy atom. The molecule has 0 aliphatic carbocycles. The second-order valence-electron chi connectivity index (χ2n) is 5.66. The van der Waals surface area contributed by atoms with Gasteiger partial charge in [-0.3, -0.25) is 4.72 Å². The Hall–Kier alpha value is -2.53. The van der Waals surface area contributed by atoms with Crippen LogP contribution in [0.3, 0.4) is 0 Å². The number of aromatic carboxylic acids is 1. The topological polar surface area (TPSA) is 118 Å². The van der Waals surface area contributed by atoms with Crippen molar-refractivity contribution in [3.63, 3.8) is 0 Å². The van der Waals surface area contributed by atoms with E-state index < -0.39 is 36.5 Å². The number of rotatable bonds is 6. The molecule has 0 bridgehead atoms. The smallest absolute Gasteiger partial charge is 0.341 e. The van der Waals surface area contributed by atoms with Crippen molar-refractivity contribution in [1.29, 1.82) is 0 Å². The molecule has 0 amide bonds. The monoisotopic (exact) mass is 419 g/mol. The van der Waals surface area contributed by atoms with Crippen LogP contribution in [-0.4, -0.2) is 33.7 Å². The lowest BCUT2D eigenvalue weighted by Crippen LogP contribution is -2.16. The third-order valence-corrected chi connectivity index (χ3v) is 6.73. The van der Waals surface area contributed by atoms with E-state index in [1.807, 2.05) is 0 Å². The number of nitrogens with one attached hydrogen (secondary N) is 1. The Labute approximate surface area is 154 Å². The van der Waals surface area contributed by atoms with Gasteiger partial charge in [-0.25, -0.2) is 21.6 Å². The first-order chi connectivity index (χ1) is 12.4.